The number of furan rings is 1. The van der Waals surface area contributed by atoms with E-state index in [1.807, 2.05) is 0 Å². The summed E-state index contributed by atoms with van der Waals surface area (Å²) in [5, 5.41) is 12.2. The lowest BCUT2D eigenvalue weighted by Gasteiger charge is -2.07. The van der Waals surface area contributed by atoms with Crippen molar-refractivity contribution in [1.82, 2.24) is 0 Å². The van der Waals surface area contributed by atoms with Gasteiger partial charge in [0.1, 0.15) is 5.75 Å². The maximum Gasteiger partial charge on any atom is 0.337 e. The summed E-state index contributed by atoms with van der Waals surface area (Å²) in [4.78, 5) is 22.9. The van der Waals surface area contributed by atoms with Crippen molar-refractivity contribution < 1.29 is 23.8 Å². The SMILES string of the molecule is COC(=O)c1ccc(NC(=O)c2ccco2)c(O)c1. The zero-order valence-electron chi connectivity index (χ0n) is 10.0. The van der Waals surface area contributed by atoms with Gasteiger partial charge in [0, 0.05) is 0 Å². The van der Waals surface area contributed by atoms with Crippen LogP contribution in [0, 0.1) is 0 Å². The van der Waals surface area contributed by atoms with Crippen LogP contribution in [0.2, 0.25) is 0 Å². The molecule has 2 rings (SSSR count). The largest absolute Gasteiger partial charge is 0.506 e. The molecule has 2 N–H and O–H groups in total. The molecule has 0 unspecified atom stereocenters. The van der Waals surface area contributed by atoms with Crippen molar-refractivity contribution in [2.75, 3.05) is 12.4 Å². The van der Waals surface area contributed by atoms with Crippen LogP contribution >= 0.6 is 0 Å². The Morgan fingerprint density at radius 3 is 2.68 bits per heavy atom. The van der Waals surface area contributed by atoms with Crippen LogP contribution in [0.25, 0.3) is 0 Å². The number of amides is 1. The number of ether oxygens (including phenoxy) is 1. The number of rotatable bonds is 3. The summed E-state index contributed by atoms with van der Waals surface area (Å²) in [7, 11) is 1.24. The molecule has 0 aliphatic heterocycles. The standard InChI is InChI=1S/C13H11NO5/c1-18-13(17)8-4-5-9(10(15)7-8)14-12(16)11-3-2-6-19-11/h2-7,15H,1H3,(H,14,16). The van der Waals surface area contributed by atoms with Crippen molar-refractivity contribution in [2.24, 2.45) is 0 Å². The van der Waals surface area contributed by atoms with Gasteiger partial charge < -0.3 is 19.6 Å². The van der Waals surface area contributed by atoms with Crippen LogP contribution in [0.15, 0.2) is 41.0 Å². The summed E-state index contributed by atoms with van der Waals surface area (Å²) in [6.07, 6.45) is 1.37. The first-order valence-electron chi connectivity index (χ1n) is 5.38. The van der Waals surface area contributed by atoms with Gasteiger partial charge in [0.15, 0.2) is 5.76 Å². The molecule has 0 fully saturated rings. The highest BCUT2D eigenvalue weighted by Crippen LogP contribution is 2.25. The third kappa shape index (κ3) is 2.74. The van der Waals surface area contributed by atoms with Crippen LogP contribution in [-0.2, 0) is 4.74 Å². The molecule has 0 bridgehead atoms. The fourth-order valence-corrected chi connectivity index (χ4v) is 1.47. The smallest absolute Gasteiger partial charge is 0.337 e. The van der Waals surface area contributed by atoms with E-state index < -0.39 is 11.9 Å². The van der Waals surface area contributed by atoms with E-state index in [1.165, 1.54) is 37.6 Å². The number of phenolic OH excluding ortho intramolecular Hbond substituents is 1. The summed E-state index contributed by atoms with van der Waals surface area (Å²) in [6.45, 7) is 0. The Kier molecular flexibility index (Phi) is 3.51. The number of benzene rings is 1. The number of hydrogen-bond donors (Lipinski definition) is 2. The molecule has 0 aliphatic rings. The Morgan fingerprint density at radius 1 is 1.32 bits per heavy atom. The third-order valence-corrected chi connectivity index (χ3v) is 2.41. The number of phenols is 1. The molecular weight excluding hydrogens is 250 g/mol. The fourth-order valence-electron chi connectivity index (χ4n) is 1.47. The van der Waals surface area contributed by atoms with Gasteiger partial charge in [-0.3, -0.25) is 4.79 Å². The van der Waals surface area contributed by atoms with Crippen molar-refractivity contribution >= 4 is 17.6 Å². The van der Waals surface area contributed by atoms with Crippen LogP contribution in [0.5, 0.6) is 5.75 Å². The van der Waals surface area contributed by atoms with Gasteiger partial charge in [-0.25, -0.2) is 4.79 Å². The molecule has 0 saturated carbocycles. The lowest BCUT2D eigenvalue weighted by atomic mass is 10.2. The maximum absolute atomic E-state index is 11.7. The van der Waals surface area contributed by atoms with Crippen LogP contribution in [0.4, 0.5) is 5.69 Å². The molecule has 1 aromatic carbocycles. The van der Waals surface area contributed by atoms with Gasteiger partial charge in [-0.2, -0.15) is 0 Å². The Labute approximate surface area is 108 Å². The zero-order chi connectivity index (χ0) is 13.8. The summed E-state index contributed by atoms with van der Waals surface area (Å²) < 4.78 is 9.44. The third-order valence-electron chi connectivity index (χ3n) is 2.41. The average Bonchev–Trinajstić information content (AvgIpc) is 2.94. The molecule has 6 heteroatoms. The minimum Gasteiger partial charge on any atom is -0.506 e. The minimum absolute atomic E-state index is 0.122. The van der Waals surface area contributed by atoms with Crippen molar-refractivity contribution in [2.45, 2.75) is 0 Å². The van der Waals surface area contributed by atoms with Crippen LogP contribution in [0.3, 0.4) is 0 Å². The zero-order valence-corrected chi connectivity index (χ0v) is 10.0. The molecule has 1 heterocycles. The number of esters is 1. The Bertz CT molecular complexity index is 604. The van der Waals surface area contributed by atoms with E-state index in [-0.39, 0.29) is 22.8 Å². The first kappa shape index (κ1) is 12.7. The number of hydrogen-bond acceptors (Lipinski definition) is 5. The first-order valence-corrected chi connectivity index (χ1v) is 5.38. The maximum atomic E-state index is 11.7. The number of aromatic hydroxyl groups is 1. The van der Waals surface area contributed by atoms with Crippen molar-refractivity contribution in [3.05, 3.63) is 47.9 Å². The molecule has 0 spiro atoms. The van der Waals surface area contributed by atoms with Crippen LogP contribution in [-0.4, -0.2) is 24.1 Å². The second-order valence-electron chi connectivity index (χ2n) is 3.65. The lowest BCUT2D eigenvalue weighted by molar-refractivity contribution is 0.0600. The predicted molar refractivity (Wildman–Crippen MR) is 66.1 cm³/mol. The second kappa shape index (κ2) is 5.26. The average molecular weight is 261 g/mol. The summed E-state index contributed by atoms with van der Waals surface area (Å²) in [6, 6.07) is 7.12. The second-order valence-corrected chi connectivity index (χ2v) is 3.65. The molecular formula is C13H11NO5. The monoisotopic (exact) mass is 261 g/mol. The van der Waals surface area contributed by atoms with Crippen LogP contribution < -0.4 is 5.32 Å². The van der Waals surface area contributed by atoms with E-state index in [2.05, 4.69) is 10.1 Å². The first-order chi connectivity index (χ1) is 9.11. The summed E-state index contributed by atoms with van der Waals surface area (Å²) >= 11 is 0. The van der Waals surface area contributed by atoms with E-state index in [1.54, 1.807) is 6.07 Å². The predicted octanol–water partition coefficient (Wildman–Crippen LogP) is 2.02. The minimum atomic E-state index is -0.570. The topological polar surface area (TPSA) is 88.8 Å². The number of anilines is 1. The lowest BCUT2D eigenvalue weighted by Crippen LogP contribution is -2.11. The molecule has 0 aliphatic carbocycles. The highest BCUT2D eigenvalue weighted by atomic mass is 16.5. The number of methoxy groups -OCH3 is 1. The molecule has 1 amide bonds. The quantitative estimate of drug-likeness (QED) is 0.651. The van der Waals surface area contributed by atoms with Crippen molar-refractivity contribution in [3.63, 3.8) is 0 Å². The summed E-state index contributed by atoms with van der Waals surface area (Å²) in [5.41, 5.74) is 0.366. The number of carbonyl (C=O) groups excluding carboxylic acids is 2. The Balaban J connectivity index is 2.18. The molecule has 0 atom stereocenters. The van der Waals surface area contributed by atoms with Gasteiger partial charge in [-0.15, -0.1) is 0 Å². The van der Waals surface area contributed by atoms with Crippen LogP contribution in [0.1, 0.15) is 20.9 Å². The highest BCUT2D eigenvalue weighted by molar-refractivity contribution is 6.03. The molecule has 2 aromatic rings. The van der Waals surface area contributed by atoms with Crippen molar-refractivity contribution in [1.29, 1.82) is 0 Å². The molecule has 19 heavy (non-hydrogen) atoms. The van der Waals surface area contributed by atoms with Gasteiger partial charge in [-0.05, 0) is 30.3 Å². The molecule has 1 aromatic heterocycles. The van der Waals surface area contributed by atoms with Gasteiger partial charge in [0.2, 0.25) is 0 Å². The van der Waals surface area contributed by atoms with Gasteiger partial charge >= 0.3 is 5.97 Å². The van der Waals surface area contributed by atoms with Gasteiger partial charge in [0.05, 0.1) is 24.6 Å². The Morgan fingerprint density at radius 2 is 2.11 bits per heavy atom. The fraction of sp³-hybridized carbons (Fsp3) is 0.0769. The number of carbonyl (C=O) groups is 2. The molecule has 98 valence electrons. The van der Waals surface area contributed by atoms with E-state index in [4.69, 9.17) is 4.42 Å². The summed E-state index contributed by atoms with van der Waals surface area (Å²) in [5.74, 6) is -1.18. The molecule has 0 radical (unpaired) electrons. The van der Waals surface area contributed by atoms with Gasteiger partial charge in [0.25, 0.3) is 5.91 Å². The number of nitrogens with one attached hydrogen (secondary N) is 1. The van der Waals surface area contributed by atoms with E-state index in [0.717, 1.165) is 0 Å². The van der Waals surface area contributed by atoms with E-state index in [9.17, 15) is 14.7 Å². The Hall–Kier alpha value is -2.76. The highest BCUT2D eigenvalue weighted by Gasteiger charge is 2.13. The van der Waals surface area contributed by atoms with E-state index in [0.29, 0.717) is 0 Å². The molecule has 0 saturated heterocycles. The molecule has 6 nitrogen and oxygen atoms in total. The van der Waals surface area contributed by atoms with Gasteiger partial charge in [-0.1, -0.05) is 0 Å². The van der Waals surface area contributed by atoms with Crippen molar-refractivity contribution in [3.8, 4) is 5.75 Å². The van der Waals surface area contributed by atoms with E-state index >= 15 is 0 Å². The normalized spacial score (nSPS) is 9.95.